The summed E-state index contributed by atoms with van der Waals surface area (Å²) in [6, 6.07) is 17.6. The van der Waals surface area contributed by atoms with Crippen LogP contribution in [0.25, 0.3) is 28.0 Å². The Morgan fingerprint density at radius 3 is 2.41 bits per heavy atom. The highest BCUT2D eigenvalue weighted by Crippen LogP contribution is 2.39. The Bertz CT molecular complexity index is 1240. The van der Waals surface area contributed by atoms with E-state index in [1.165, 1.54) is 0 Å². The van der Waals surface area contributed by atoms with E-state index in [4.69, 9.17) is 16.6 Å². The number of ketones is 1. The minimum atomic E-state index is -0.107. The smallest absolute Gasteiger partial charge is 0.167 e. The average Bonchev–Trinajstić information content (AvgIpc) is 3.10. The number of halogens is 1. The topological polar surface area (TPSA) is 47.3 Å². The van der Waals surface area contributed by atoms with E-state index in [-0.39, 0.29) is 11.2 Å². The second-order valence-corrected chi connectivity index (χ2v) is 8.83. The number of carbonyl (C=O) groups excluding carboxylic acids is 1. The van der Waals surface area contributed by atoms with Gasteiger partial charge >= 0.3 is 0 Å². The van der Waals surface area contributed by atoms with Crippen LogP contribution in [-0.4, -0.2) is 20.4 Å². The maximum Gasteiger partial charge on any atom is 0.167 e. The normalized spacial score (nSPS) is 15.5. The van der Waals surface area contributed by atoms with Crippen LogP contribution >= 0.6 is 11.6 Å². The van der Waals surface area contributed by atoms with Gasteiger partial charge in [-0.1, -0.05) is 67.9 Å². The lowest BCUT2D eigenvalue weighted by atomic mass is 9.75. The number of aromatic nitrogens is 3. The van der Waals surface area contributed by atoms with Gasteiger partial charge in [-0.25, -0.2) is 9.50 Å². The number of hydrogen-bond donors (Lipinski definition) is 0. The summed E-state index contributed by atoms with van der Waals surface area (Å²) in [5, 5.41) is 5.33. The second-order valence-electron chi connectivity index (χ2n) is 8.39. The second kappa shape index (κ2) is 6.53. The number of carbonyl (C=O) groups is 1. The highest BCUT2D eigenvalue weighted by Gasteiger charge is 2.35. The van der Waals surface area contributed by atoms with E-state index in [1.807, 2.05) is 65.3 Å². The molecule has 0 saturated heterocycles. The third kappa shape index (κ3) is 3.04. The first kappa shape index (κ1) is 18.1. The third-order valence-corrected chi connectivity index (χ3v) is 5.74. The predicted molar refractivity (Wildman–Crippen MR) is 115 cm³/mol. The van der Waals surface area contributed by atoms with Crippen LogP contribution in [0.1, 0.15) is 36.3 Å². The summed E-state index contributed by atoms with van der Waals surface area (Å²) in [4.78, 5) is 18.1. The number of Topliss-reactive ketones (excluding diaryl/α,β-unsaturated/α-hetero) is 1. The van der Waals surface area contributed by atoms with Crippen LogP contribution in [-0.2, 0) is 6.42 Å². The molecular formula is C24H20ClN3O. The Morgan fingerprint density at radius 2 is 1.69 bits per heavy atom. The number of nitrogens with zero attached hydrogens (tertiary/aromatic N) is 3. The molecule has 144 valence electrons. The molecule has 2 heterocycles. The van der Waals surface area contributed by atoms with E-state index in [9.17, 15) is 4.79 Å². The summed E-state index contributed by atoms with van der Waals surface area (Å²) >= 11 is 6.06. The van der Waals surface area contributed by atoms with E-state index >= 15 is 0 Å². The lowest BCUT2D eigenvalue weighted by molar-refractivity contribution is 0.0910. The Balaban J connectivity index is 1.85. The van der Waals surface area contributed by atoms with Gasteiger partial charge in [-0.05, 0) is 29.5 Å². The largest absolute Gasteiger partial charge is 0.294 e. The summed E-state index contributed by atoms with van der Waals surface area (Å²) in [5.41, 5.74) is 5.93. The number of hydrogen-bond acceptors (Lipinski definition) is 3. The molecule has 2 aromatic heterocycles. The molecule has 1 aliphatic carbocycles. The van der Waals surface area contributed by atoms with Gasteiger partial charge in [-0.15, -0.1) is 0 Å². The Hall–Kier alpha value is -2.98. The fourth-order valence-corrected chi connectivity index (χ4v) is 4.32. The monoisotopic (exact) mass is 401 g/mol. The van der Waals surface area contributed by atoms with Crippen molar-refractivity contribution >= 4 is 23.0 Å². The fraction of sp³-hybridized carbons (Fsp3) is 0.208. The zero-order chi connectivity index (χ0) is 20.2. The molecule has 4 nitrogen and oxygen atoms in total. The lowest BCUT2D eigenvalue weighted by Crippen LogP contribution is -2.29. The molecule has 4 aromatic rings. The van der Waals surface area contributed by atoms with Crippen molar-refractivity contribution in [3.05, 3.63) is 77.1 Å². The van der Waals surface area contributed by atoms with Gasteiger partial charge in [0.2, 0.25) is 0 Å². The Labute approximate surface area is 174 Å². The number of fused-ring (bicyclic) bond motifs is 2. The Morgan fingerprint density at radius 1 is 0.966 bits per heavy atom. The Kier molecular flexibility index (Phi) is 4.07. The molecule has 0 aliphatic heterocycles. The van der Waals surface area contributed by atoms with Crippen molar-refractivity contribution in [3.8, 4) is 22.4 Å². The molecule has 5 heteroatoms. The highest BCUT2D eigenvalue weighted by molar-refractivity contribution is 6.30. The molecule has 2 aromatic carbocycles. The van der Waals surface area contributed by atoms with Crippen LogP contribution in [0.5, 0.6) is 0 Å². The maximum atomic E-state index is 13.2. The molecular weight excluding hydrogens is 382 g/mol. The van der Waals surface area contributed by atoms with Crippen molar-refractivity contribution in [3.63, 3.8) is 0 Å². The quantitative estimate of drug-likeness (QED) is 0.422. The first-order chi connectivity index (χ1) is 13.9. The number of rotatable bonds is 2. The zero-order valence-electron chi connectivity index (χ0n) is 16.3. The average molecular weight is 402 g/mol. The van der Waals surface area contributed by atoms with E-state index in [2.05, 4.69) is 18.9 Å². The van der Waals surface area contributed by atoms with Crippen LogP contribution in [0.4, 0.5) is 0 Å². The SMILES string of the molecule is CC1(C)CC(=O)c2c(nc3c(-c4ccc(Cl)cc4)cnn3c2-c2ccccc2)C1. The molecule has 29 heavy (non-hydrogen) atoms. The molecule has 0 fully saturated rings. The van der Waals surface area contributed by atoms with Crippen molar-refractivity contribution in [1.82, 2.24) is 14.6 Å². The lowest BCUT2D eigenvalue weighted by Gasteiger charge is -2.30. The fourth-order valence-electron chi connectivity index (χ4n) is 4.19. The molecule has 0 atom stereocenters. The van der Waals surface area contributed by atoms with Gasteiger partial charge in [0.15, 0.2) is 11.4 Å². The van der Waals surface area contributed by atoms with Crippen molar-refractivity contribution < 1.29 is 4.79 Å². The molecule has 0 amide bonds. The van der Waals surface area contributed by atoms with Crippen LogP contribution < -0.4 is 0 Å². The summed E-state index contributed by atoms with van der Waals surface area (Å²) in [6.07, 6.45) is 3.09. The van der Waals surface area contributed by atoms with Crippen LogP contribution in [0.15, 0.2) is 60.8 Å². The minimum absolute atomic E-state index is 0.107. The van der Waals surface area contributed by atoms with E-state index in [1.54, 1.807) is 0 Å². The van der Waals surface area contributed by atoms with Gasteiger partial charge < -0.3 is 0 Å². The van der Waals surface area contributed by atoms with Crippen molar-refractivity contribution in [2.75, 3.05) is 0 Å². The zero-order valence-corrected chi connectivity index (χ0v) is 17.1. The standard InChI is InChI=1S/C24H20ClN3O/c1-24(2)12-19-21(20(29)13-24)22(16-6-4-3-5-7-16)28-23(27-19)18(14-26-28)15-8-10-17(25)11-9-15/h3-11,14H,12-13H2,1-2H3. The molecule has 5 rings (SSSR count). The molecule has 0 bridgehead atoms. The van der Waals surface area contributed by atoms with E-state index in [0.29, 0.717) is 17.0 Å². The molecule has 0 saturated carbocycles. The summed E-state index contributed by atoms with van der Waals surface area (Å²) in [6.45, 7) is 4.25. The van der Waals surface area contributed by atoms with Gasteiger partial charge in [-0.3, -0.25) is 4.79 Å². The van der Waals surface area contributed by atoms with Crippen molar-refractivity contribution in [2.24, 2.45) is 5.41 Å². The van der Waals surface area contributed by atoms with Gasteiger partial charge in [0.25, 0.3) is 0 Å². The van der Waals surface area contributed by atoms with Crippen LogP contribution in [0, 0.1) is 5.41 Å². The molecule has 0 spiro atoms. The first-order valence-electron chi connectivity index (χ1n) is 9.68. The van der Waals surface area contributed by atoms with Crippen LogP contribution in [0.2, 0.25) is 5.02 Å². The van der Waals surface area contributed by atoms with Gasteiger partial charge in [0.1, 0.15) is 0 Å². The summed E-state index contributed by atoms with van der Waals surface area (Å²) in [7, 11) is 0. The first-order valence-corrected chi connectivity index (χ1v) is 10.1. The predicted octanol–water partition coefficient (Wildman–Crippen LogP) is 5.87. The number of benzene rings is 2. The molecule has 1 aliphatic rings. The van der Waals surface area contributed by atoms with Crippen LogP contribution in [0.3, 0.4) is 0 Å². The van der Waals surface area contributed by atoms with E-state index < -0.39 is 0 Å². The molecule has 0 N–H and O–H groups in total. The third-order valence-electron chi connectivity index (χ3n) is 5.49. The van der Waals surface area contributed by atoms with Gasteiger partial charge in [0.05, 0.1) is 23.1 Å². The van der Waals surface area contributed by atoms with Gasteiger partial charge in [-0.2, -0.15) is 5.10 Å². The summed E-state index contributed by atoms with van der Waals surface area (Å²) in [5.74, 6) is 0.132. The highest BCUT2D eigenvalue weighted by atomic mass is 35.5. The maximum absolute atomic E-state index is 13.2. The van der Waals surface area contributed by atoms with E-state index in [0.717, 1.165) is 40.1 Å². The molecule has 0 radical (unpaired) electrons. The minimum Gasteiger partial charge on any atom is -0.294 e. The van der Waals surface area contributed by atoms with Gasteiger partial charge in [0, 0.05) is 22.6 Å². The summed E-state index contributed by atoms with van der Waals surface area (Å²) < 4.78 is 1.81. The van der Waals surface area contributed by atoms with Crippen molar-refractivity contribution in [2.45, 2.75) is 26.7 Å². The molecule has 0 unspecified atom stereocenters. The van der Waals surface area contributed by atoms with Crippen molar-refractivity contribution in [1.29, 1.82) is 0 Å².